The number of nitro groups is 1. The third-order valence-corrected chi connectivity index (χ3v) is 3.11. The lowest BCUT2D eigenvalue weighted by atomic mass is 10.1. The van der Waals surface area contributed by atoms with Gasteiger partial charge < -0.3 is 0 Å². The molecule has 0 saturated carbocycles. The second-order valence-electron chi connectivity index (χ2n) is 4.36. The van der Waals surface area contributed by atoms with Crippen LogP contribution in [0.3, 0.4) is 0 Å². The molecule has 0 aliphatic carbocycles. The predicted molar refractivity (Wildman–Crippen MR) is 68.6 cm³/mol. The second kappa shape index (κ2) is 4.60. The van der Waals surface area contributed by atoms with Crippen molar-refractivity contribution in [3.05, 3.63) is 56.9 Å². The summed E-state index contributed by atoms with van der Waals surface area (Å²) in [6, 6.07) is 7.97. The Hall–Kier alpha value is -2.17. The normalized spacial score (nSPS) is 10.6. The smallest absolute Gasteiger partial charge is 0.258 e. The van der Waals surface area contributed by atoms with Gasteiger partial charge in [-0.25, -0.2) is 0 Å². The van der Waals surface area contributed by atoms with Crippen molar-refractivity contribution in [2.75, 3.05) is 0 Å². The Bertz CT molecular complexity index is 602. The van der Waals surface area contributed by atoms with Gasteiger partial charge in [0.25, 0.3) is 0 Å². The molecule has 94 valence electrons. The van der Waals surface area contributed by atoms with E-state index in [4.69, 9.17) is 0 Å². The van der Waals surface area contributed by atoms with Crippen LogP contribution in [0.15, 0.2) is 24.3 Å². The average molecular weight is 245 g/mol. The molecule has 0 unspecified atom stereocenters. The maximum absolute atomic E-state index is 10.9. The van der Waals surface area contributed by atoms with Gasteiger partial charge >= 0.3 is 5.69 Å². The third kappa shape index (κ3) is 2.11. The highest BCUT2D eigenvalue weighted by Gasteiger charge is 2.21. The van der Waals surface area contributed by atoms with Gasteiger partial charge in [0.05, 0.1) is 11.5 Å². The molecule has 0 spiro atoms. The minimum absolute atomic E-state index is 0.114. The van der Waals surface area contributed by atoms with E-state index in [1.165, 1.54) is 0 Å². The molecule has 5 heteroatoms. The summed E-state index contributed by atoms with van der Waals surface area (Å²) in [6.07, 6.45) is 0. The molecule has 0 amide bonds. The predicted octanol–water partition coefficient (Wildman–Crippen LogP) is 2.76. The summed E-state index contributed by atoms with van der Waals surface area (Å²) in [5, 5.41) is 15.2. The first kappa shape index (κ1) is 12.3. The zero-order chi connectivity index (χ0) is 13.3. The first-order valence-corrected chi connectivity index (χ1v) is 5.73. The highest BCUT2D eigenvalue weighted by Crippen LogP contribution is 2.22. The minimum Gasteiger partial charge on any atom is -0.258 e. The van der Waals surface area contributed by atoms with Crippen molar-refractivity contribution in [3.63, 3.8) is 0 Å². The molecule has 0 atom stereocenters. The largest absolute Gasteiger partial charge is 0.312 e. The molecule has 1 aromatic heterocycles. The van der Waals surface area contributed by atoms with E-state index in [9.17, 15) is 10.1 Å². The number of aromatic nitrogens is 2. The van der Waals surface area contributed by atoms with Gasteiger partial charge in [0, 0.05) is 0 Å². The van der Waals surface area contributed by atoms with E-state index in [0.29, 0.717) is 17.9 Å². The Labute approximate surface area is 105 Å². The average Bonchev–Trinajstić information content (AvgIpc) is 2.57. The Kier molecular flexibility index (Phi) is 3.14. The summed E-state index contributed by atoms with van der Waals surface area (Å²) in [4.78, 5) is 10.6. The summed E-state index contributed by atoms with van der Waals surface area (Å²) >= 11 is 0. The molecule has 1 heterocycles. The van der Waals surface area contributed by atoms with Gasteiger partial charge in [-0.2, -0.15) is 5.10 Å². The Balaban J connectivity index is 2.39. The van der Waals surface area contributed by atoms with Gasteiger partial charge in [0.2, 0.25) is 0 Å². The highest BCUT2D eigenvalue weighted by molar-refractivity contribution is 5.40. The Morgan fingerprint density at radius 1 is 1.28 bits per heavy atom. The molecule has 5 nitrogen and oxygen atoms in total. The molecular weight excluding hydrogens is 230 g/mol. The Morgan fingerprint density at radius 2 is 1.94 bits per heavy atom. The van der Waals surface area contributed by atoms with Crippen molar-refractivity contribution in [1.82, 2.24) is 9.78 Å². The minimum atomic E-state index is -0.369. The van der Waals surface area contributed by atoms with Crippen molar-refractivity contribution >= 4 is 5.69 Å². The van der Waals surface area contributed by atoms with Crippen molar-refractivity contribution in [2.45, 2.75) is 27.3 Å². The summed E-state index contributed by atoms with van der Waals surface area (Å²) in [5.74, 6) is 0. The summed E-state index contributed by atoms with van der Waals surface area (Å²) in [6.45, 7) is 5.98. The first-order valence-electron chi connectivity index (χ1n) is 5.73. The number of nitrogens with zero attached hydrogens (tertiary/aromatic N) is 3. The van der Waals surface area contributed by atoms with Gasteiger partial charge in [-0.15, -0.1) is 0 Å². The lowest BCUT2D eigenvalue weighted by Crippen LogP contribution is -2.05. The molecule has 0 saturated heterocycles. The molecule has 0 N–H and O–H groups in total. The van der Waals surface area contributed by atoms with Crippen LogP contribution in [0.1, 0.15) is 22.5 Å². The molecule has 0 radical (unpaired) electrons. The van der Waals surface area contributed by atoms with Crippen LogP contribution in [0.5, 0.6) is 0 Å². The molecular formula is C13H15N3O2. The van der Waals surface area contributed by atoms with E-state index < -0.39 is 0 Å². The highest BCUT2D eigenvalue weighted by atomic mass is 16.6. The number of hydrogen-bond donors (Lipinski definition) is 0. The topological polar surface area (TPSA) is 61.0 Å². The first-order chi connectivity index (χ1) is 8.50. The van der Waals surface area contributed by atoms with E-state index in [1.54, 1.807) is 18.5 Å². The molecule has 2 rings (SSSR count). The van der Waals surface area contributed by atoms with Crippen LogP contribution in [0, 0.1) is 30.9 Å². The van der Waals surface area contributed by atoms with E-state index in [1.807, 2.05) is 31.2 Å². The van der Waals surface area contributed by atoms with Gasteiger partial charge in [-0.3, -0.25) is 14.8 Å². The molecule has 2 aromatic rings. The standard InChI is InChI=1S/C13H15N3O2/c1-9-6-4-5-7-12(9)8-15-11(3)13(16(17)18)10(2)14-15/h4-7H,8H2,1-3H3. The van der Waals surface area contributed by atoms with Crippen molar-refractivity contribution in [1.29, 1.82) is 0 Å². The fourth-order valence-electron chi connectivity index (χ4n) is 2.05. The van der Waals surface area contributed by atoms with Crippen LogP contribution in [0.4, 0.5) is 5.69 Å². The van der Waals surface area contributed by atoms with E-state index in [2.05, 4.69) is 5.10 Å². The van der Waals surface area contributed by atoms with E-state index in [0.717, 1.165) is 11.1 Å². The lowest BCUT2D eigenvalue weighted by Gasteiger charge is -2.06. The molecule has 0 aliphatic heterocycles. The number of hydrogen-bond acceptors (Lipinski definition) is 3. The van der Waals surface area contributed by atoms with E-state index in [-0.39, 0.29) is 10.6 Å². The summed E-state index contributed by atoms with van der Waals surface area (Å²) < 4.78 is 1.69. The third-order valence-electron chi connectivity index (χ3n) is 3.11. The van der Waals surface area contributed by atoms with E-state index >= 15 is 0 Å². The molecule has 0 bridgehead atoms. The lowest BCUT2D eigenvalue weighted by molar-refractivity contribution is -0.386. The monoisotopic (exact) mass is 245 g/mol. The number of rotatable bonds is 3. The maximum atomic E-state index is 10.9. The fourth-order valence-corrected chi connectivity index (χ4v) is 2.05. The molecule has 0 aliphatic rings. The summed E-state index contributed by atoms with van der Waals surface area (Å²) in [5.41, 5.74) is 3.46. The van der Waals surface area contributed by atoms with Crippen molar-refractivity contribution in [3.8, 4) is 0 Å². The second-order valence-corrected chi connectivity index (χ2v) is 4.36. The van der Waals surface area contributed by atoms with Crippen molar-refractivity contribution in [2.24, 2.45) is 0 Å². The van der Waals surface area contributed by atoms with Crippen LogP contribution in [0.25, 0.3) is 0 Å². The number of aryl methyl sites for hydroxylation is 2. The van der Waals surface area contributed by atoms with Gasteiger partial charge in [-0.05, 0) is 31.9 Å². The van der Waals surface area contributed by atoms with Crippen LogP contribution >= 0.6 is 0 Å². The quantitative estimate of drug-likeness (QED) is 0.617. The van der Waals surface area contributed by atoms with Crippen LogP contribution in [-0.4, -0.2) is 14.7 Å². The fraction of sp³-hybridized carbons (Fsp3) is 0.308. The number of benzene rings is 1. The maximum Gasteiger partial charge on any atom is 0.312 e. The molecule has 0 fully saturated rings. The van der Waals surface area contributed by atoms with Crippen molar-refractivity contribution < 1.29 is 4.92 Å². The Morgan fingerprint density at radius 3 is 2.50 bits per heavy atom. The SMILES string of the molecule is Cc1ccccc1Cn1nc(C)c([N+](=O)[O-])c1C. The molecule has 18 heavy (non-hydrogen) atoms. The zero-order valence-corrected chi connectivity index (χ0v) is 10.7. The van der Waals surface area contributed by atoms with Crippen LogP contribution < -0.4 is 0 Å². The summed E-state index contributed by atoms with van der Waals surface area (Å²) in [7, 11) is 0. The zero-order valence-electron chi connectivity index (χ0n) is 10.7. The van der Waals surface area contributed by atoms with Crippen LogP contribution in [0.2, 0.25) is 0 Å². The molecule has 1 aromatic carbocycles. The van der Waals surface area contributed by atoms with Gasteiger partial charge in [0.1, 0.15) is 11.4 Å². The van der Waals surface area contributed by atoms with Gasteiger partial charge in [0.15, 0.2) is 0 Å². The van der Waals surface area contributed by atoms with Crippen LogP contribution in [-0.2, 0) is 6.54 Å². The van der Waals surface area contributed by atoms with Gasteiger partial charge in [-0.1, -0.05) is 24.3 Å².